The van der Waals surface area contributed by atoms with Crippen LogP contribution in [0.1, 0.15) is 46.6 Å². The summed E-state index contributed by atoms with van der Waals surface area (Å²) in [5, 5.41) is 5.99. The Morgan fingerprint density at radius 3 is 2.69 bits per heavy atom. The van der Waals surface area contributed by atoms with Crippen molar-refractivity contribution in [3.05, 3.63) is 107 Å². The van der Waals surface area contributed by atoms with Gasteiger partial charge in [0.25, 0.3) is 0 Å². The molecule has 0 saturated carbocycles. The fourth-order valence-electron chi connectivity index (χ4n) is 5.59. The van der Waals surface area contributed by atoms with Crippen LogP contribution in [0.3, 0.4) is 0 Å². The number of nitrogens with one attached hydrogen (secondary N) is 1. The normalized spacial score (nSPS) is 17.4. The highest BCUT2D eigenvalue weighted by molar-refractivity contribution is 5.98. The molecule has 0 bridgehead atoms. The van der Waals surface area contributed by atoms with Gasteiger partial charge in [0.1, 0.15) is 0 Å². The first-order valence-corrected chi connectivity index (χ1v) is 11.6. The van der Waals surface area contributed by atoms with Crippen molar-refractivity contribution in [2.75, 3.05) is 5.32 Å². The van der Waals surface area contributed by atoms with Crippen molar-refractivity contribution in [3.63, 3.8) is 0 Å². The van der Waals surface area contributed by atoms with Crippen molar-refractivity contribution in [1.82, 2.24) is 0 Å². The standard InChI is InChI=1S/C29H27N3/c30-29(32-27-17-15-21-9-3-8-20-14-16-26(27)28(20)21)31-23-11-4-10-22(18-23)25-13-5-7-19-6-1-2-12-24(19)25/h1-4,6,8-12,15,17-18,25H,5,7,13-14,16H2,(H3,30,31,32). The third-order valence-corrected chi connectivity index (χ3v) is 7.03. The van der Waals surface area contributed by atoms with Gasteiger partial charge in [-0.05, 0) is 88.9 Å². The lowest BCUT2D eigenvalue weighted by atomic mass is 9.79. The molecular weight excluding hydrogens is 390 g/mol. The molecule has 4 aromatic rings. The molecule has 0 amide bonds. The maximum atomic E-state index is 6.37. The summed E-state index contributed by atoms with van der Waals surface area (Å²) in [4.78, 5) is 4.77. The van der Waals surface area contributed by atoms with E-state index in [-0.39, 0.29) is 0 Å². The van der Waals surface area contributed by atoms with Crippen LogP contribution < -0.4 is 11.1 Å². The van der Waals surface area contributed by atoms with Gasteiger partial charge in [0.05, 0.1) is 5.69 Å². The maximum Gasteiger partial charge on any atom is 0.198 e. The third-order valence-electron chi connectivity index (χ3n) is 7.03. The van der Waals surface area contributed by atoms with Crippen LogP contribution in [0.25, 0.3) is 10.8 Å². The minimum Gasteiger partial charge on any atom is -0.369 e. The van der Waals surface area contributed by atoms with E-state index in [2.05, 4.69) is 84.2 Å². The fraction of sp³-hybridized carbons (Fsp3) is 0.207. The van der Waals surface area contributed by atoms with Crippen LogP contribution in [0, 0.1) is 0 Å². The van der Waals surface area contributed by atoms with Crippen molar-refractivity contribution in [2.45, 2.75) is 38.0 Å². The van der Waals surface area contributed by atoms with Gasteiger partial charge in [-0.15, -0.1) is 0 Å². The predicted octanol–water partition coefficient (Wildman–Crippen LogP) is 6.46. The van der Waals surface area contributed by atoms with Crippen LogP contribution in [-0.2, 0) is 19.3 Å². The minimum absolute atomic E-state index is 0.436. The number of anilines is 1. The molecule has 0 spiro atoms. The molecule has 0 saturated heterocycles. The third kappa shape index (κ3) is 3.34. The number of benzene rings is 4. The van der Waals surface area contributed by atoms with E-state index >= 15 is 0 Å². The van der Waals surface area contributed by atoms with Crippen molar-refractivity contribution in [3.8, 4) is 0 Å². The molecule has 32 heavy (non-hydrogen) atoms. The Morgan fingerprint density at radius 2 is 1.72 bits per heavy atom. The van der Waals surface area contributed by atoms with Crippen molar-refractivity contribution < 1.29 is 0 Å². The van der Waals surface area contributed by atoms with E-state index in [0.29, 0.717) is 11.9 Å². The zero-order valence-electron chi connectivity index (χ0n) is 18.1. The monoisotopic (exact) mass is 417 g/mol. The number of guanidine groups is 1. The first-order chi connectivity index (χ1) is 15.8. The Bertz CT molecular complexity index is 1350. The van der Waals surface area contributed by atoms with Gasteiger partial charge >= 0.3 is 0 Å². The Balaban J connectivity index is 1.29. The zero-order chi connectivity index (χ0) is 21.5. The summed E-state index contributed by atoms with van der Waals surface area (Å²) in [5.41, 5.74) is 15.4. The van der Waals surface area contributed by atoms with Gasteiger partial charge in [0, 0.05) is 11.6 Å². The van der Waals surface area contributed by atoms with E-state index in [9.17, 15) is 0 Å². The summed E-state index contributed by atoms with van der Waals surface area (Å²) in [6, 6.07) is 28.3. The summed E-state index contributed by atoms with van der Waals surface area (Å²) in [6.07, 6.45) is 5.71. The number of rotatable bonds is 3. The van der Waals surface area contributed by atoms with Crippen LogP contribution in [0.2, 0.25) is 0 Å². The number of aryl methyl sites for hydroxylation is 3. The molecule has 3 heteroatoms. The van der Waals surface area contributed by atoms with Gasteiger partial charge in [0.15, 0.2) is 5.96 Å². The van der Waals surface area contributed by atoms with Gasteiger partial charge < -0.3 is 11.1 Å². The van der Waals surface area contributed by atoms with E-state index in [1.807, 2.05) is 0 Å². The lowest BCUT2D eigenvalue weighted by Crippen LogP contribution is -2.22. The van der Waals surface area contributed by atoms with E-state index in [1.165, 1.54) is 57.9 Å². The Labute approximate surface area is 189 Å². The minimum atomic E-state index is 0.436. The highest BCUT2D eigenvalue weighted by atomic mass is 15.1. The summed E-state index contributed by atoms with van der Waals surface area (Å²) in [5.74, 6) is 0.880. The molecule has 3 N–H and O–H groups in total. The molecule has 2 aliphatic carbocycles. The van der Waals surface area contributed by atoms with Crippen LogP contribution in [-0.4, -0.2) is 5.96 Å². The van der Waals surface area contributed by atoms with Gasteiger partial charge in [-0.25, -0.2) is 4.99 Å². The van der Waals surface area contributed by atoms with Gasteiger partial charge in [-0.1, -0.05) is 60.7 Å². The lowest BCUT2D eigenvalue weighted by Gasteiger charge is -2.26. The summed E-state index contributed by atoms with van der Waals surface area (Å²) >= 11 is 0. The molecule has 0 fully saturated rings. The Kier molecular flexibility index (Phi) is 4.68. The van der Waals surface area contributed by atoms with Crippen LogP contribution in [0.15, 0.2) is 83.9 Å². The van der Waals surface area contributed by atoms with Gasteiger partial charge in [-0.2, -0.15) is 0 Å². The quantitative estimate of drug-likeness (QED) is 0.297. The van der Waals surface area contributed by atoms with Crippen molar-refractivity contribution in [1.29, 1.82) is 0 Å². The summed E-state index contributed by atoms with van der Waals surface area (Å²) in [6.45, 7) is 0. The van der Waals surface area contributed by atoms with Gasteiger partial charge in [-0.3, -0.25) is 0 Å². The van der Waals surface area contributed by atoms with Crippen LogP contribution in [0.5, 0.6) is 0 Å². The number of aliphatic imine (C=N–C) groups is 1. The molecule has 1 atom stereocenters. The molecule has 0 aromatic heterocycles. The second kappa shape index (κ2) is 7.83. The van der Waals surface area contributed by atoms with E-state index in [4.69, 9.17) is 10.7 Å². The maximum absolute atomic E-state index is 6.37. The van der Waals surface area contributed by atoms with E-state index in [1.54, 1.807) is 0 Å². The van der Waals surface area contributed by atoms with Crippen LogP contribution >= 0.6 is 0 Å². The van der Waals surface area contributed by atoms with Crippen molar-refractivity contribution in [2.24, 2.45) is 10.7 Å². The molecule has 4 aromatic carbocycles. The first kappa shape index (κ1) is 19.1. The first-order valence-electron chi connectivity index (χ1n) is 11.6. The average Bonchev–Trinajstić information content (AvgIpc) is 3.27. The number of nitrogens with two attached hydrogens (primary N) is 1. The molecule has 1 unspecified atom stereocenters. The molecule has 3 nitrogen and oxygen atoms in total. The summed E-state index contributed by atoms with van der Waals surface area (Å²) in [7, 11) is 0. The molecule has 0 aliphatic heterocycles. The lowest BCUT2D eigenvalue weighted by molar-refractivity contribution is 0.616. The predicted molar refractivity (Wildman–Crippen MR) is 134 cm³/mol. The molecule has 0 heterocycles. The highest BCUT2D eigenvalue weighted by Gasteiger charge is 2.21. The SMILES string of the molecule is NC(=Nc1ccc2cccc3c2c1CC3)Nc1cccc(C2CCCc3ccccc32)c1. The van der Waals surface area contributed by atoms with Crippen molar-refractivity contribution >= 4 is 28.1 Å². The van der Waals surface area contributed by atoms with E-state index < -0.39 is 0 Å². The zero-order valence-corrected chi connectivity index (χ0v) is 18.1. The molecule has 158 valence electrons. The number of hydrogen-bond acceptors (Lipinski definition) is 1. The largest absolute Gasteiger partial charge is 0.369 e. The molecule has 2 aliphatic rings. The highest BCUT2D eigenvalue weighted by Crippen LogP contribution is 2.38. The topological polar surface area (TPSA) is 50.4 Å². The molecule has 0 radical (unpaired) electrons. The average molecular weight is 418 g/mol. The van der Waals surface area contributed by atoms with Gasteiger partial charge in [0.2, 0.25) is 0 Å². The second-order valence-electron chi connectivity index (χ2n) is 8.97. The second-order valence-corrected chi connectivity index (χ2v) is 8.97. The number of hydrogen-bond donors (Lipinski definition) is 2. The number of fused-ring (bicyclic) bond motifs is 1. The van der Waals surface area contributed by atoms with E-state index in [0.717, 1.165) is 24.2 Å². The Hall–Kier alpha value is -3.59. The Morgan fingerprint density at radius 1 is 0.844 bits per heavy atom. The van der Waals surface area contributed by atoms with Crippen LogP contribution in [0.4, 0.5) is 11.4 Å². The molecular formula is C29H27N3. The summed E-state index contributed by atoms with van der Waals surface area (Å²) < 4.78 is 0. The smallest absolute Gasteiger partial charge is 0.198 e. The number of nitrogens with zero attached hydrogens (tertiary/aromatic N) is 1. The molecule has 6 rings (SSSR count). The fourth-order valence-corrected chi connectivity index (χ4v) is 5.59.